The smallest absolute Gasteiger partial charge is 0.416 e. The molecule has 3 rings (SSSR count). The Kier molecular flexibility index (Phi) is 4.63. The lowest BCUT2D eigenvalue weighted by molar-refractivity contribution is -0.137. The molecule has 1 saturated heterocycles. The minimum absolute atomic E-state index is 0.0601. The normalized spacial score (nSPS) is 18.2. The average molecular weight is 352 g/mol. The van der Waals surface area contributed by atoms with Crippen LogP contribution < -0.4 is 4.90 Å². The zero-order chi connectivity index (χ0) is 18.0. The summed E-state index contributed by atoms with van der Waals surface area (Å²) in [7, 11) is 0. The maximum Gasteiger partial charge on any atom is 0.416 e. The number of pyridine rings is 1. The van der Waals surface area contributed by atoms with E-state index in [1.807, 2.05) is 4.90 Å². The fraction of sp³-hybridized carbons (Fsp3) is 0.294. The van der Waals surface area contributed by atoms with Crippen LogP contribution in [-0.4, -0.2) is 35.8 Å². The second-order valence-electron chi connectivity index (χ2n) is 5.61. The predicted molar refractivity (Wildman–Crippen MR) is 83.5 cm³/mol. The maximum atomic E-state index is 12.7. The molecule has 1 aliphatic rings. The van der Waals surface area contributed by atoms with Gasteiger partial charge in [0.1, 0.15) is 11.9 Å². The fourth-order valence-corrected chi connectivity index (χ4v) is 2.66. The maximum absolute atomic E-state index is 12.7. The van der Waals surface area contributed by atoms with Gasteiger partial charge in [0.15, 0.2) is 5.69 Å². The van der Waals surface area contributed by atoms with Crippen LogP contribution in [0, 0.1) is 0 Å². The van der Waals surface area contributed by atoms with Crippen LogP contribution in [-0.2, 0) is 10.9 Å². The third-order valence-electron chi connectivity index (χ3n) is 3.95. The van der Waals surface area contributed by atoms with Crippen molar-refractivity contribution in [2.45, 2.75) is 12.3 Å². The number of aromatic nitrogens is 1. The van der Waals surface area contributed by atoms with Gasteiger partial charge in [0.2, 0.25) is 0 Å². The number of carboxylic acids is 1. The second kappa shape index (κ2) is 6.72. The molecular formula is C17H15F3N2O3. The van der Waals surface area contributed by atoms with E-state index < -0.39 is 23.8 Å². The molecule has 0 amide bonds. The number of anilines is 1. The fourth-order valence-electron chi connectivity index (χ4n) is 2.66. The molecule has 5 nitrogen and oxygen atoms in total. The summed E-state index contributed by atoms with van der Waals surface area (Å²) in [5, 5.41) is 9.03. The monoisotopic (exact) mass is 352 g/mol. The number of aromatic carboxylic acids is 1. The molecule has 0 bridgehead atoms. The quantitative estimate of drug-likeness (QED) is 0.918. The molecule has 1 aromatic carbocycles. The van der Waals surface area contributed by atoms with Gasteiger partial charge < -0.3 is 14.7 Å². The van der Waals surface area contributed by atoms with Crippen LogP contribution in [0.1, 0.15) is 27.7 Å². The molecule has 0 radical (unpaired) electrons. The van der Waals surface area contributed by atoms with Crippen molar-refractivity contribution >= 4 is 11.8 Å². The number of hydrogen-bond donors (Lipinski definition) is 1. The van der Waals surface area contributed by atoms with E-state index in [0.29, 0.717) is 31.1 Å². The number of hydrogen-bond acceptors (Lipinski definition) is 4. The first-order chi connectivity index (χ1) is 11.8. The molecule has 1 fully saturated rings. The van der Waals surface area contributed by atoms with Crippen molar-refractivity contribution in [3.63, 3.8) is 0 Å². The Morgan fingerprint density at radius 3 is 2.56 bits per heavy atom. The van der Waals surface area contributed by atoms with Crippen LogP contribution in [0.5, 0.6) is 0 Å². The summed E-state index contributed by atoms with van der Waals surface area (Å²) in [5.74, 6) is -0.616. The second-order valence-corrected chi connectivity index (χ2v) is 5.61. The third kappa shape index (κ3) is 3.90. The van der Waals surface area contributed by atoms with Crippen molar-refractivity contribution in [3.05, 3.63) is 59.3 Å². The molecule has 1 aliphatic heterocycles. The molecule has 8 heteroatoms. The summed E-state index contributed by atoms with van der Waals surface area (Å²) in [6.07, 6.45) is -4.79. The Morgan fingerprint density at radius 2 is 1.92 bits per heavy atom. The number of morpholine rings is 1. The van der Waals surface area contributed by atoms with E-state index in [2.05, 4.69) is 4.98 Å². The van der Waals surface area contributed by atoms with Gasteiger partial charge in [-0.2, -0.15) is 13.2 Å². The minimum Gasteiger partial charge on any atom is -0.477 e. The van der Waals surface area contributed by atoms with Gasteiger partial charge in [0, 0.05) is 13.1 Å². The van der Waals surface area contributed by atoms with Crippen LogP contribution >= 0.6 is 0 Å². The zero-order valence-corrected chi connectivity index (χ0v) is 13.0. The first kappa shape index (κ1) is 17.2. The first-order valence-electron chi connectivity index (χ1n) is 7.58. The summed E-state index contributed by atoms with van der Waals surface area (Å²) in [6, 6.07) is 9.56. The van der Waals surface area contributed by atoms with E-state index in [1.54, 1.807) is 12.1 Å². The number of carbonyl (C=O) groups is 1. The van der Waals surface area contributed by atoms with Crippen molar-refractivity contribution in [3.8, 4) is 0 Å². The van der Waals surface area contributed by atoms with E-state index >= 15 is 0 Å². The van der Waals surface area contributed by atoms with Crippen molar-refractivity contribution in [1.29, 1.82) is 0 Å². The minimum atomic E-state index is -4.38. The molecular weight excluding hydrogens is 337 g/mol. The Bertz CT molecular complexity index is 762. The molecule has 0 saturated carbocycles. The highest BCUT2D eigenvalue weighted by atomic mass is 19.4. The number of halogens is 3. The van der Waals surface area contributed by atoms with Crippen molar-refractivity contribution < 1.29 is 27.8 Å². The van der Waals surface area contributed by atoms with Gasteiger partial charge in [0.25, 0.3) is 0 Å². The Labute approximate surface area is 141 Å². The Hall–Kier alpha value is -2.61. The van der Waals surface area contributed by atoms with Crippen LogP contribution in [0.2, 0.25) is 0 Å². The summed E-state index contributed by atoms with van der Waals surface area (Å²) in [5.41, 5.74) is -0.137. The van der Waals surface area contributed by atoms with Gasteiger partial charge in [-0.05, 0) is 29.8 Å². The molecule has 0 aliphatic carbocycles. The van der Waals surface area contributed by atoms with Crippen molar-refractivity contribution in [1.82, 2.24) is 4.98 Å². The average Bonchev–Trinajstić information content (AvgIpc) is 2.61. The van der Waals surface area contributed by atoms with E-state index in [9.17, 15) is 18.0 Å². The summed E-state index contributed by atoms with van der Waals surface area (Å²) in [6.45, 7) is 1.26. The Morgan fingerprint density at radius 1 is 1.20 bits per heavy atom. The SMILES string of the molecule is O=C(O)c1cccc(N2CCOC(c3ccc(C(F)(F)F)cc3)C2)n1. The standard InChI is InChI=1S/C17H15F3N2O3/c18-17(19,20)12-6-4-11(5-7-12)14-10-22(8-9-25-14)15-3-1-2-13(21-15)16(23)24/h1-7,14H,8-10H2,(H,23,24). The molecule has 1 atom stereocenters. The third-order valence-corrected chi connectivity index (χ3v) is 3.95. The molecule has 1 aromatic heterocycles. The lowest BCUT2D eigenvalue weighted by atomic mass is 10.1. The largest absolute Gasteiger partial charge is 0.477 e. The van der Waals surface area contributed by atoms with Gasteiger partial charge >= 0.3 is 12.1 Å². The van der Waals surface area contributed by atoms with E-state index in [0.717, 1.165) is 12.1 Å². The summed E-state index contributed by atoms with van der Waals surface area (Å²) in [4.78, 5) is 17.0. The van der Waals surface area contributed by atoms with Gasteiger partial charge in [-0.1, -0.05) is 18.2 Å². The van der Waals surface area contributed by atoms with E-state index in [4.69, 9.17) is 9.84 Å². The van der Waals surface area contributed by atoms with Crippen LogP contribution in [0.3, 0.4) is 0 Å². The number of benzene rings is 1. The molecule has 1 unspecified atom stereocenters. The highest BCUT2D eigenvalue weighted by molar-refractivity contribution is 5.85. The van der Waals surface area contributed by atoms with E-state index in [1.165, 1.54) is 18.2 Å². The summed E-state index contributed by atoms with van der Waals surface area (Å²) < 4.78 is 43.6. The van der Waals surface area contributed by atoms with Gasteiger partial charge in [-0.15, -0.1) is 0 Å². The zero-order valence-electron chi connectivity index (χ0n) is 13.0. The topological polar surface area (TPSA) is 62.7 Å². The number of carboxylic acid groups (broad SMARTS) is 1. The van der Waals surface area contributed by atoms with Gasteiger partial charge in [-0.3, -0.25) is 0 Å². The lowest BCUT2D eigenvalue weighted by Crippen LogP contribution is -2.39. The predicted octanol–water partition coefficient (Wildman–Crippen LogP) is 3.38. The molecule has 25 heavy (non-hydrogen) atoms. The lowest BCUT2D eigenvalue weighted by Gasteiger charge is -2.34. The first-order valence-corrected chi connectivity index (χ1v) is 7.58. The summed E-state index contributed by atoms with van der Waals surface area (Å²) >= 11 is 0. The number of ether oxygens (including phenoxy) is 1. The Balaban J connectivity index is 1.77. The van der Waals surface area contributed by atoms with Crippen LogP contribution in [0.15, 0.2) is 42.5 Å². The van der Waals surface area contributed by atoms with E-state index in [-0.39, 0.29) is 5.69 Å². The van der Waals surface area contributed by atoms with Crippen LogP contribution in [0.4, 0.5) is 19.0 Å². The molecule has 1 N–H and O–H groups in total. The van der Waals surface area contributed by atoms with Crippen LogP contribution in [0.25, 0.3) is 0 Å². The number of alkyl halides is 3. The van der Waals surface area contributed by atoms with Gasteiger partial charge in [0.05, 0.1) is 12.2 Å². The number of nitrogens with zero attached hydrogens (tertiary/aromatic N) is 2. The highest BCUT2D eigenvalue weighted by Gasteiger charge is 2.31. The molecule has 2 heterocycles. The highest BCUT2D eigenvalue weighted by Crippen LogP contribution is 2.31. The number of rotatable bonds is 3. The molecule has 132 valence electrons. The molecule has 2 aromatic rings. The van der Waals surface area contributed by atoms with Crippen molar-refractivity contribution in [2.75, 3.05) is 24.6 Å². The molecule has 0 spiro atoms. The van der Waals surface area contributed by atoms with Gasteiger partial charge in [-0.25, -0.2) is 9.78 Å². The van der Waals surface area contributed by atoms with Crippen molar-refractivity contribution in [2.24, 2.45) is 0 Å².